The van der Waals surface area contributed by atoms with E-state index in [9.17, 15) is 53.4 Å². The van der Waals surface area contributed by atoms with Crippen molar-refractivity contribution in [3.05, 3.63) is 331 Å². The average Bonchev–Trinajstić information content (AvgIpc) is 0.761. The lowest BCUT2D eigenvalue weighted by atomic mass is 9.79. The Balaban J connectivity index is 0.000000379. The van der Waals surface area contributed by atoms with E-state index in [1.807, 2.05) is 0 Å². The van der Waals surface area contributed by atoms with Crippen LogP contribution in [0, 0.1) is 0 Å². The third-order valence-corrected chi connectivity index (χ3v) is 19.1. The summed E-state index contributed by atoms with van der Waals surface area (Å²) in [5.74, 6) is -4.31. The van der Waals surface area contributed by atoms with Crippen LogP contribution in [-0.4, -0.2) is 205 Å². The maximum Gasteiger partial charge on any atom is 0.509 e. The topological polar surface area (TPSA) is 388 Å². The standard InChI is InChI=1S/C55H58O17.C52H54O15/c1-9-27-63-41-21-15-38(33-44(41)66-30-12-4)18-24-49(56)69-47-36-55(53(59)61-7,72-54(60)62-8)37-48(70-50(57)25-19-39-16-22-42(64-28-10-2)45(34-39)67-31-13-5)52(47)71-51(58)26-20-40-17-23-43(65-29-11-3)46(35-40)68-32-14-6;1-7-25-59-39-19-13-36(31-42(39)62-28-10-4)16-22-47(53)65-45-34-52(58,51(56)57)35-46(66-48(54)23-17-37-14-20-40(60-26-8-2)43(32-37)63-29-11-5)50(45)67-49(55)24-18-38-15-21-41(61-27-9-3)44(33-38)64-30-12-6/h9-26,33-35,47-48,52H,1-6,27-32,36-37H2,7-8H3;7-24,31-33,45-46,50,58H,1-6,25-30,34-35H2,(H,56,57)/b24-18+,25-19+,26-20+;22-16+,23-17+,24-18+/t47-,48-,52?,55?;45-,46-,50?,52?/m11/s1. The molecule has 732 valence electrons. The third-order valence-electron chi connectivity index (χ3n) is 19.1. The van der Waals surface area contributed by atoms with Crippen LogP contribution in [0.3, 0.4) is 0 Å². The van der Waals surface area contributed by atoms with Crippen LogP contribution >= 0.6 is 0 Å². The van der Waals surface area contributed by atoms with Crippen molar-refractivity contribution >= 4 is 90.4 Å². The zero-order chi connectivity index (χ0) is 101. The molecule has 6 aromatic carbocycles. The first-order chi connectivity index (χ1) is 67.2. The quantitative estimate of drug-likeness (QED) is 0.0155. The Kier molecular flexibility index (Phi) is 45.9. The average molecular weight is 1910 g/mol. The van der Waals surface area contributed by atoms with Crippen molar-refractivity contribution in [1.82, 2.24) is 0 Å². The maximum atomic E-state index is 13.8. The first-order valence-electron chi connectivity index (χ1n) is 43.0. The second-order valence-electron chi connectivity index (χ2n) is 29.3. The number of hydrogen-bond donors (Lipinski definition) is 2. The molecule has 8 rings (SSSR count). The summed E-state index contributed by atoms with van der Waals surface area (Å²) in [6, 6.07) is 29.3. The minimum atomic E-state index is -2.60. The molecule has 4 atom stereocenters. The van der Waals surface area contributed by atoms with Crippen LogP contribution in [0.15, 0.2) is 298 Å². The van der Waals surface area contributed by atoms with Crippen molar-refractivity contribution in [2.24, 2.45) is 0 Å². The summed E-state index contributed by atoms with van der Waals surface area (Å²) in [6.45, 7) is 46.1. The summed E-state index contributed by atoms with van der Waals surface area (Å²) in [4.78, 5) is 121. The Morgan fingerprint density at radius 1 is 0.281 bits per heavy atom. The molecule has 32 nitrogen and oxygen atoms in total. The van der Waals surface area contributed by atoms with Crippen molar-refractivity contribution in [3.63, 3.8) is 0 Å². The first kappa shape index (κ1) is 109. The molecule has 2 aliphatic carbocycles. The molecular weight excluding hydrogens is 1800 g/mol. The fourth-order valence-electron chi connectivity index (χ4n) is 13.1. The minimum Gasteiger partial charge on any atom is -0.486 e. The van der Waals surface area contributed by atoms with E-state index in [1.165, 1.54) is 36.5 Å². The molecule has 32 heteroatoms. The highest BCUT2D eigenvalue weighted by molar-refractivity contribution is 5.92. The summed E-state index contributed by atoms with van der Waals surface area (Å²) in [5, 5.41) is 21.6. The number of esters is 7. The number of aliphatic carboxylic acids is 1. The van der Waals surface area contributed by atoms with Gasteiger partial charge < -0.3 is 110 Å². The zero-order valence-corrected chi connectivity index (χ0v) is 77.2. The van der Waals surface area contributed by atoms with Crippen LogP contribution in [0.1, 0.15) is 59.1 Å². The minimum absolute atomic E-state index is 0.154. The van der Waals surface area contributed by atoms with Crippen molar-refractivity contribution in [3.8, 4) is 69.0 Å². The molecule has 0 amide bonds. The highest BCUT2D eigenvalue weighted by Crippen LogP contribution is 2.42. The van der Waals surface area contributed by atoms with E-state index < -0.39 is 127 Å². The van der Waals surface area contributed by atoms with Gasteiger partial charge in [0, 0.05) is 62.1 Å². The molecule has 0 spiro atoms. The number of aliphatic hydroxyl groups is 1. The van der Waals surface area contributed by atoms with Gasteiger partial charge >= 0.3 is 53.9 Å². The number of carboxylic acid groups (broad SMARTS) is 1. The van der Waals surface area contributed by atoms with E-state index in [2.05, 4.69) is 78.9 Å². The van der Waals surface area contributed by atoms with E-state index in [0.717, 1.165) is 50.7 Å². The van der Waals surface area contributed by atoms with Gasteiger partial charge in [0.15, 0.2) is 86.8 Å². The summed E-state index contributed by atoms with van der Waals surface area (Å²) in [6.07, 6.45) is 19.5. The number of ether oxygens (including phenoxy) is 21. The van der Waals surface area contributed by atoms with Gasteiger partial charge in [0.1, 0.15) is 104 Å². The van der Waals surface area contributed by atoms with Gasteiger partial charge in [0.2, 0.25) is 5.60 Å². The largest absolute Gasteiger partial charge is 0.509 e. The summed E-state index contributed by atoms with van der Waals surface area (Å²) in [5.41, 5.74) is -2.04. The van der Waals surface area contributed by atoms with Gasteiger partial charge in [-0.3, -0.25) is 0 Å². The second kappa shape index (κ2) is 58.4. The summed E-state index contributed by atoms with van der Waals surface area (Å²) < 4.78 is 119. The molecular formula is C107H112O32. The molecule has 2 N–H and O–H groups in total. The van der Waals surface area contributed by atoms with Gasteiger partial charge in [0.05, 0.1) is 14.2 Å². The Morgan fingerprint density at radius 3 is 0.647 bits per heavy atom. The van der Waals surface area contributed by atoms with E-state index in [-0.39, 0.29) is 79.3 Å². The van der Waals surface area contributed by atoms with Crippen LogP contribution < -0.4 is 56.8 Å². The Labute approximate surface area is 806 Å². The molecule has 0 unspecified atom stereocenters. The number of benzene rings is 6. The third kappa shape index (κ3) is 35.5. The van der Waals surface area contributed by atoms with E-state index in [1.54, 1.807) is 182 Å². The number of carboxylic acids is 1. The SMILES string of the molecule is C=CCOc1ccc(/C=C/C(=O)OC2[C@H](OC(=O)/C=C/c3ccc(OCC=C)c(OCC=C)c3)CC(O)(C(=O)O)C[C@H]2OC(=O)/C=C/c2ccc(OCC=C)c(OCC=C)c2)cc1OCC=C.C=CCOc1ccc(/C=C/C(=O)OC2[C@H](OC(=O)/C=C/c3ccc(OCC=C)c(OCC=C)c3)CC(OC(=O)OC)(C(=O)OC)C[C@H]2OC(=O)/C=C/c2ccc(OCC=C)c(OCC=C)c2)cc1OCC=C. The highest BCUT2D eigenvalue weighted by Gasteiger charge is 2.59. The van der Waals surface area contributed by atoms with Gasteiger partial charge in [0.25, 0.3) is 0 Å². The molecule has 2 aliphatic rings. The second-order valence-corrected chi connectivity index (χ2v) is 29.3. The van der Waals surface area contributed by atoms with E-state index >= 15 is 0 Å². The van der Waals surface area contributed by atoms with Crippen LogP contribution in [0.25, 0.3) is 36.5 Å². The van der Waals surface area contributed by atoms with Gasteiger partial charge in [-0.1, -0.05) is 188 Å². The van der Waals surface area contributed by atoms with Gasteiger partial charge in [-0.05, 0) is 143 Å². The van der Waals surface area contributed by atoms with Gasteiger partial charge in [-0.2, -0.15) is 0 Å². The van der Waals surface area contributed by atoms with Crippen LogP contribution in [0.4, 0.5) is 4.79 Å². The smallest absolute Gasteiger partial charge is 0.486 e. The maximum absolute atomic E-state index is 13.8. The lowest BCUT2D eigenvalue weighted by Crippen LogP contribution is -2.61. The van der Waals surface area contributed by atoms with Crippen molar-refractivity contribution in [2.45, 2.75) is 73.5 Å². The molecule has 0 bridgehead atoms. The van der Waals surface area contributed by atoms with Crippen molar-refractivity contribution in [2.75, 3.05) is 93.5 Å². The highest BCUT2D eigenvalue weighted by atomic mass is 16.7. The van der Waals surface area contributed by atoms with Crippen LogP contribution in [-0.2, 0) is 81.0 Å². The first-order valence-corrected chi connectivity index (χ1v) is 43.0. The number of rotatable bonds is 57. The summed E-state index contributed by atoms with van der Waals surface area (Å²) in [7, 11) is 2.04. The van der Waals surface area contributed by atoms with Gasteiger partial charge in [-0.25, -0.2) is 43.2 Å². The van der Waals surface area contributed by atoms with Crippen LogP contribution in [0.5, 0.6) is 69.0 Å². The van der Waals surface area contributed by atoms with Crippen molar-refractivity contribution in [1.29, 1.82) is 0 Å². The number of methoxy groups -OCH3 is 2. The molecule has 2 fully saturated rings. The zero-order valence-electron chi connectivity index (χ0n) is 77.2. The Morgan fingerprint density at radius 2 is 0.468 bits per heavy atom. The molecule has 2 saturated carbocycles. The normalized spacial score (nSPS) is 17.3. The molecule has 0 radical (unpaired) electrons. The monoisotopic (exact) mass is 1910 g/mol. The number of carbonyl (C=O) groups is 9. The molecule has 0 aromatic heterocycles. The molecule has 6 aromatic rings. The number of carbonyl (C=O) groups excluding carboxylic acids is 8. The predicted molar refractivity (Wildman–Crippen MR) is 520 cm³/mol. The fourth-order valence-corrected chi connectivity index (χ4v) is 13.1. The Bertz CT molecular complexity index is 5330. The van der Waals surface area contributed by atoms with Gasteiger partial charge in [-0.15, -0.1) is 0 Å². The molecule has 0 saturated heterocycles. The lowest BCUT2D eigenvalue weighted by molar-refractivity contribution is -0.214. The molecule has 139 heavy (non-hydrogen) atoms. The van der Waals surface area contributed by atoms with E-state index in [0.29, 0.717) is 102 Å². The van der Waals surface area contributed by atoms with Crippen LogP contribution in [0.2, 0.25) is 0 Å². The molecule has 0 heterocycles. The number of hydrogen-bond acceptors (Lipinski definition) is 31. The fraction of sp³-hybridized carbons (Fsp3) is 0.243. The molecule has 0 aliphatic heterocycles. The Hall–Kier alpha value is -16.8. The summed E-state index contributed by atoms with van der Waals surface area (Å²) >= 11 is 0. The lowest BCUT2D eigenvalue weighted by Gasteiger charge is -2.43. The van der Waals surface area contributed by atoms with Crippen molar-refractivity contribution < 1.29 is 153 Å². The predicted octanol–water partition coefficient (Wildman–Crippen LogP) is 16.6. The van der Waals surface area contributed by atoms with E-state index in [4.69, 9.17) is 99.5 Å².